The Kier molecular flexibility index (Phi) is 7.54. The summed E-state index contributed by atoms with van der Waals surface area (Å²) in [6.07, 6.45) is 0. The first-order valence-corrected chi connectivity index (χ1v) is 9.94. The molecular weight excluding hydrogens is 281 g/mol. The molecule has 1 unspecified atom stereocenters. The maximum Gasteiger partial charge on any atom is 0.254 e. The molecular formula is C13H22NO3PS. The highest BCUT2D eigenvalue weighted by molar-refractivity contribution is 8.56. The zero-order valence-electron chi connectivity index (χ0n) is 11.7. The van der Waals surface area contributed by atoms with Crippen molar-refractivity contribution in [3.05, 3.63) is 29.8 Å². The van der Waals surface area contributed by atoms with Crippen molar-refractivity contribution in [2.24, 2.45) is 0 Å². The van der Waals surface area contributed by atoms with Crippen molar-refractivity contribution in [2.75, 3.05) is 32.7 Å². The van der Waals surface area contributed by atoms with E-state index in [4.69, 9.17) is 9.26 Å². The van der Waals surface area contributed by atoms with E-state index in [0.29, 0.717) is 6.61 Å². The van der Waals surface area contributed by atoms with Crippen LogP contribution in [0.1, 0.15) is 12.5 Å². The third kappa shape index (κ3) is 7.02. The van der Waals surface area contributed by atoms with Crippen molar-refractivity contribution < 1.29 is 13.8 Å². The van der Waals surface area contributed by atoms with E-state index in [0.717, 1.165) is 24.6 Å². The fourth-order valence-corrected chi connectivity index (χ4v) is 4.49. The van der Waals surface area contributed by atoms with Crippen molar-refractivity contribution in [3.63, 3.8) is 0 Å². The SMILES string of the molecule is CCOP(C)(=O)SCCNCc1cccc(OC)c1. The lowest BCUT2D eigenvalue weighted by atomic mass is 10.2. The van der Waals surface area contributed by atoms with Gasteiger partial charge < -0.3 is 14.6 Å². The van der Waals surface area contributed by atoms with Gasteiger partial charge in [-0.15, -0.1) is 0 Å². The fraction of sp³-hybridized carbons (Fsp3) is 0.538. The van der Waals surface area contributed by atoms with Crippen molar-refractivity contribution in [1.29, 1.82) is 0 Å². The summed E-state index contributed by atoms with van der Waals surface area (Å²) in [4.78, 5) is 0. The summed E-state index contributed by atoms with van der Waals surface area (Å²) in [6, 6.07) is 7.95. The summed E-state index contributed by atoms with van der Waals surface area (Å²) in [6.45, 7) is 3.14. The summed E-state index contributed by atoms with van der Waals surface area (Å²) < 4.78 is 22.2. The summed E-state index contributed by atoms with van der Waals surface area (Å²) in [7, 11) is 1.66. The molecule has 0 spiro atoms. The molecule has 1 aromatic rings. The summed E-state index contributed by atoms with van der Waals surface area (Å²) in [5.74, 6) is 1.64. The van der Waals surface area contributed by atoms with E-state index >= 15 is 0 Å². The van der Waals surface area contributed by atoms with Gasteiger partial charge in [0.25, 0.3) is 6.57 Å². The number of hydrogen-bond acceptors (Lipinski definition) is 5. The van der Waals surface area contributed by atoms with Crippen LogP contribution in [0.2, 0.25) is 0 Å². The monoisotopic (exact) mass is 303 g/mol. The molecule has 1 aromatic carbocycles. The van der Waals surface area contributed by atoms with E-state index in [2.05, 4.69) is 5.32 Å². The van der Waals surface area contributed by atoms with Gasteiger partial charge in [-0.1, -0.05) is 23.5 Å². The van der Waals surface area contributed by atoms with Crippen molar-refractivity contribution in [2.45, 2.75) is 13.5 Å². The van der Waals surface area contributed by atoms with E-state index in [9.17, 15) is 4.57 Å². The molecule has 0 amide bonds. The molecule has 0 aromatic heterocycles. The zero-order valence-corrected chi connectivity index (χ0v) is 13.4. The fourth-order valence-electron chi connectivity index (χ4n) is 1.57. The molecule has 0 heterocycles. The van der Waals surface area contributed by atoms with E-state index in [1.165, 1.54) is 16.9 Å². The number of benzene rings is 1. The van der Waals surface area contributed by atoms with Gasteiger partial charge in [0, 0.05) is 25.5 Å². The van der Waals surface area contributed by atoms with Gasteiger partial charge in [-0.05, 0) is 24.6 Å². The Hall–Kier alpha value is -0.480. The van der Waals surface area contributed by atoms with E-state index in [1.807, 2.05) is 31.2 Å². The first-order chi connectivity index (χ1) is 9.07. The predicted octanol–water partition coefficient (Wildman–Crippen LogP) is 3.38. The molecule has 6 heteroatoms. The van der Waals surface area contributed by atoms with Gasteiger partial charge in [0.2, 0.25) is 0 Å². The van der Waals surface area contributed by atoms with Crippen molar-refractivity contribution in [3.8, 4) is 5.75 Å². The predicted molar refractivity (Wildman–Crippen MR) is 82.3 cm³/mol. The van der Waals surface area contributed by atoms with Crippen LogP contribution in [0, 0.1) is 0 Å². The summed E-state index contributed by atoms with van der Waals surface area (Å²) >= 11 is 1.39. The van der Waals surface area contributed by atoms with Crippen molar-refractivity contribution in [1.82, 2.24) is 5.32 Å². The lowest BCUT2D eigenvalue weighted by Crippen LogP contribution is -2.16. The molecule has 0 saturated heterocycles. The molecule has 4 nitrogen and oxygen atoms in total. The van der Waals surface area contributed by atoms with E-state index in [1.54, 1.807) is 13.8 Å². The lowest BCUT2D eigenvalue weighted by Gasteiger charge is -2.12. The van der Waals surface area contributed by atoms with Crippen LogP contribution in [0.25, 0.3) is 0 Å². The summed E-state index contributed by atoms with van der Waals surface area (Å²) in [5.41, 5.74) is 1.17. The molecule has 0 saturated carbocycles. The average molecular weight is 303 g/mol. The van der Waals surface area contributed by atoms with Gasteiger partial charge in [-0.25, -0.2) is 0 Å². The molecule has 1 atom stereocenters. The molecule has 19 heavy (non-hydrogen) atoms. The van der Waals surface area contributed by atoms with Crippen molar-refractivity contribution >= 4 is 18.0 Å². The van der Waals surface area contributed by atoms with Crippen LogP contribution in [0.15, 0.2) is 24.3 Å². The third-order valence-corrected chi connectivity index (χ3v) is 6.29. The van der Waals surface area contributed by atoms with Crippen LogP contribution in [0.4, 0.5) is 0 Å². The summed E-state index contributed by atoms with van der Waals surface area (Å²) in [5, 5.41) is 3.31. The molecule has 1 rings (SSSR count). The van der Waals surface area contributed by atoms with Gasteiger partial charge in [0.15, 0.2) is 0 Å². The second kappa shape index (κ2) is 8.64. The van der Waals surface area contributed by atoms with Gasteiger partial charge in [0.05, 0.1) is 13.7 Å². The third-order valence-electron chi connectivity index (χ3n) is 2.43. The minimum atomic E-state index is -2.46. The van der Waals surface area contributed by atoms with Gasteiger partial charge in [0.1, 0.15) is 5.75 Å². The number of rotatable bonds is 9. The van der Waals surface area contributed by atoms with Gasteiger partial charge in [-0.3, -0.25) is 4.57 Å². The standard InChI is InChI=1S/C13H22NO3PS/c1-4-17-18(3,15)19-9-8-14-11-12-6-5-7-13(10-12)16-2/h5-7,10,14H,4,8-9,11H2,1-3H3. The Morgan fingerprint density at radius 3 is 2.89 bits per heavy atom. The minimum Gasteiger partial charge on any atom is -0.497 e. The molecule has 0 aliphatic heterocycles. The molecule has 0 fully saturated rings. The second-order valence-electron chi connectivity index (χ2n) is 4.05. The molecule has 0 aliphatic carbocycles. The van der Waals surface area contributed by atoms with E-state index in [-0.39, 0.29) is 0 Å². The maximum atomic E-state index is 11.8. The average Bonchev–Trinajstić information content (AvgIpc) is 2.38. The normalized spacial score (nSPS) is 14.1. The highest BCUT2D eigenvalue weighted by Gasteiger charge is 2.14. The van der Waals surface area contributed by atoms with Crippen LogP contribution in [-0.4, -0.2) is 32.7 Å². The molecule has 1 N–H and O–H groups in total. The molecule has 0 radical (unpaired) electrons. The Bertz CT molecular complexity index is 428. The number of hydrogen-bond donors (Lipinski definition) is 1. The lowest BCUT2D eigenvalue weighted by molar-refractivity contribution is 0.350. The van der Waals surface area contributed by atoms with Crippen LogP contribution in [0.5, 0.6) is 5.75 Å². The zero-order chi connectivity index (χ0) is 14.1. The smallest absolute Gasteiger partial charge is 0.254 e. The first-order valence-electron chi connectivity index (χ1n) is 6.27. The van der Waals surface area contributed by atoms with Crippen LogP contribution in [-0.2, 0) is 15.6 Å². The number of methoxy groups -OCH3 is 1. The largest absolute Gasteiger partial charge is 0.497 e. The van der Waals surface area contributed by atoms with Gasteiger partial charge >= 0.3 is 0 Å². The van der Waals surface area contributed by atoms with Gasteiger partial charge in [-0.2, -0.15) is 0 Å². The highest BCUT2D eigenvalue weighted by Crippen LogP contribution is 2.55. The first kappa shape index (κ1) is 16.6. The van der Waals surface area contributed by atoms with Crippen LogP contribution >= 0.6 is 18.0 Å². The second-order valence-corrected chi connectivity index (χ2v) is 9.28. The Balaban J connectivity index is 2.22. The molecule has 0 aliphatic rings. The quantitative estimate of drug-likeness (QED) is 0.560. The topological polar surface area (TPSA) is 47.6 Å². The Labute approximate surface area is 119 Å². The van der Waals surface area contributed by atoms with Crippen LogP contribution < -0.4 is 10.1 Å². The minimum absolute atomic E-state index is 0.498. The Morgan fingerprint density at radius 2 is 2.21 bits per heavy atom. The highest BCUT2D eigenvalue weighted by atomic mass is 32.7. The molecule has 0 bridgehead atoms. The number of nitrogens with one attached hydrogen (secondary N) is 1. The van der Waals surface area contributed by atoms with E-state index < -0.39 is 6.57 Å². The number of ether oxygens (including phenoxy) is 1. The Morgan fingerprint density at radius 1 is 1.42 bits per heavy atom. The molecule has 108 valence electrons. The van der Waals surface area contributed by atoms with Crippen LogP contribution in [0.3, 0.4) is 0 Å². The maximum absolute atomic E-state index is 11.8.